The highest BCUT2D eigenvalue weighted by Crippen LogP contribution is 2.43. The third-order valence-corrected chi connectivity index (χ3v) is 5.46. The van der Waals surface area contributed by atoms with E-state index in [1.807, 2.05) is 49.4 Å². The highest BCUT2D eigenvalue weighted by Gasteiger charge is 2.42. The maximum absolute atomic E-state index is 12.9. The van der Waals surface area contributed by atoms with Crippen LogP contribution in [-0.2, 0) is 0 Å². The van der Waals surface area contributed by atoms with Crippen LogP contribution in [0.1, 0.15) is 36.8 Å². The van der Waals surface area contributed by atoms with Gasteiger partial charge in [-0.05, 0) is 30.2 Å². The summed E-state index contributed by atoms with van der Waals surface area (Å²) in [6.45, 7) is 9.88. The predicted molar refractivity (Wildman–Crippen MR) is 119 cm³/mol. The average molecular weight is 418 g/mol. The normalized spacial score (nSPS) is 17.6. The zero-order valence-corrected chi connectivity index (χ0v) is 17.2. The fraction of sp³-hybridized carbons (Fsp3) is 0.217. The Morgan fingerprint density at radius 3 is 2.60 bits per heavy atom. The smallest absolute Gasteiger partial charge is 0.306 e. The summed E-state index contributed by atoms with van der Waals surface area (Å²) in [6, 6.07) is 15.8. The van der Waals surface area contributed by atoms with E-state index in [1.54, 1.807) is 18.3 Å². The highest BCUT2D eigenvalue weighted by atomic mass is 35.5. The SMILES string of the molecule is [C-]#[N+]C1C(CCC)=Nc2c(cnn2C(=O)Nc2ccccc2)C1c1ccccc1Cl. The van der Waals surface area contributed by atoms with Gasteiger partial charge in [0.25, 0.3) is 6.04 Å². The van der Waals surface area contributed by atoms with Crippen molar-refractivity contribution in [2.45, 2.75) is 31.7 Å². The van der Waals surface area contributed by atoms with Crippen molar-refractivity contribution < 1.29 is 4.79 Å². The van der Waals surface area contributed by atoms with Crippen molar-refractivity contribution in [3.05, 3.63) is 88.4 Å². The summed E-state index contributed by atoms with van der Waals surface area (Å²) in [6.07, 6.45) is 3.14. The van der Waals surface area contributed by atoms with Crippen LogP contribution >= 0.6 is 11.6 Å². The molecule has 0 aliphatic carbocycles. The van der Waals surface area contributed by atoms with E-state index in [0.29, 0.717) is 22.9 Å². The molecule has 0 spiro atoms. The van der Waals surface area contributed by atoms with E-state index >= 15 is 0 Å². The van der Waals surface area contributed by atoms with Crippen molar-refractivity contribution in [1.29, 1.82) is 0 Å². The molecule has 2 atom stereocenters. The van der Waals surface area contributed by atoms with Crippen molar-refractivity contribution in [3.63, 3.8) is 0 Å². The topological polar surface area (TPSA) is 63.6 Å². The van der Waals surface area contributed by atoms with Gasteiger partial charge in [0.15, 0.2) is 5.82 Å². The number of rotatable bonds is 4. The van der Waals surface area contributed by atoms with Crippen LogP contribution in [0.4, 0.5) is 16.3 Å². The third-order valence-electron chi connectivity index (χ3n) is 5.12. The van der Waals surface area contributed by atoms with Crippen LogP contribution in [-0.4, -0.2) is 27.6 Å². The van der Waals surface area contributed by atoms with E-state index in [9.17, 15) is 4.79 Å². The van der Waals surface area contributed by atoms with Crippen molar-refractivity contribution in [1.82, 2.24) is 9.78 Å². The maximum Gasteiger partial charge on any atom is 0.348 e. The van der Waals surface area contributed by atoms with Gasteiger partial charge in [0.1, 0.15) is 5.71 Å². The lowest BCUT2D eigenvalue weighted by Crippen LogP contribution is -2.30. The number of amides is 1. The largest absolute Gasteiger partial charge is 0.348 e. The lowest BCUT2D eigenvalue weighted by molar-refractivity contribution is 0.251. The Labute approximate surface area is 180 Å². The Morgan fingerprint density at radius 1 is 1.17 bits per heavy atom. The van der Waals surface area contributed by atoms with Crippen LogP contribution < -0.4 is 5.32 Å². The molecule has 0 saturated heterocycles. The van der Waals surface area contributed by atoms with Gasteiger partial charge in [0, 0.05) is 16.3 Å². The van der Waals surface area contributed by atoms with Gasteiger partial charge in [-0.15, -0.1) is 0 Å². The number of hydrogen-bond donors (Lipinski definition) is 1. The maximum atomic E-state index is 12.9. The standard InChI is InChI=1S/C23H20ClN5O/c1-3-9-19-21(25-2)20(16-12-7-8-13-18(16)24)17-14-26-29(22(17)28-19)23(30)27-15-10-5-4-6-11-15/h4-8,10-14,20-21H,3,9H2,1H3,(H,27,30). The molecule has 0 saturated carbocycles. The first-order chi connectivity index (χ1) is 14.6. The third kappa shape index (κ3) is 3.60. The van der Waals surface area contributed by atoms with Gasteiger partial charge in [-0.3, -0.25) is 0 Å². The molecule has 0 radical (unpaired) electrons. The number of anilines is 1. The van der Waals surface area contributed by atoms with Crippen LogP contribution in [0.15, 0.2) is 65.8 Å². The lowest BCUT2D eigenvalue weighted by atomic mass is 9.81. The number of aromatic nitrogens is 2. The molecule has 1 N–H and O–H groups in total. The number of hydrogen-bond acceptors (Lipinski definition) is 3. The van der Waals surface area contributed by atoms with E-state index in [0.717, 1.165) is 23.3 Å². The van der Waals surface area contributed by atoms with E-state index in [2.05, 4.69) is 15.3 Å². The monoisotopic (exact) mass is 417 g/mol. The van der Waals surface area contributed by atoms with E-state index in [1.165, 1.54) is 4.68 Å². The molecule has 2 heterocycles. The van der Waals surface area contributed by atoms with E-state index < -0.39 is 12.1 Å². The number of nitrogens with one attached hydrogen (secondary N) is 1. The number of carbonyl (C=O) groups is 1. The molecule has 2 unspecified atom stereocenters. The van der Waals surface area contributed by atoms with Gasteiger partial charge in [-0.2, -0.15) is 9.78 Å². The zero-order chi connectivity index (χ0) is 21.1. The van der Waals surface area contributed by atoms with Crippen LogP contribution in [0.2, 0.25) is 5.02 Å². The minimum atomic E-state index is -0.479. The molecular weight excluding hydrogens is 398 g/mol. The number of benzene rings is 2. The van der Waals surface area contributed by atoms with Gasteiger partial charge in [0.05, 0.1) is 12.1 Å². The molecule has 150 valence electrons. The molecule has 1 aliphatic heterocycles. The molecule has 1 amide bonds. The molecular formula is C23H20ClN5O. The summed E-state index contributed by atoms with van der Waals surface area (Å²) in [5, 5.41) is 7.74. The molecule has 4 rings (SSSR count). The van der Waals surface area contributed by atoms with Gasteiger partial charge < -0.3 is 10.2 Å². The van der Waals surface area contributed by atoms with E-state index in [4.69, 9.17) is 23.2 Å². The zero-order valence-electron chi connectivity index (χ0n) is 16.4. The first-order valence-corrected chi connectivity index (χ1v) is 10.1. The van der Waals surface area contributed by atoms with Crippen LogP contribution in [0.3, 0.4) is 0 Å². The summed E-state index contributed by atoms with van der Waals surface area (Å²) in [4.78, 5) is 21.5. The van der Waals surface area contributed by atoms with Crippen LogP contribution in [0, 0.1) is 6.57 Å². The molecule has 1 aromatic heterocycles. The Morgan fingerprint density at radius 2 is 1.90 bits per heavy atom. The average Bonchev–Trinajstić information content (AvgIpc) is 3.18. The minimum Gasteiger partial charge on any atom is -0.306 e. The van der Waals surface area contributed by atoms with Crippen molar-refractivity contribution >= 4 is 34.8 Å². The molecule has 0 bridgehead atoms. The van der Waals surface area contributed by atoms with Crippen molar-refractivity contribution in [3.8, 4) is 0 Å². The molecule has 6 nitrogen and oxygen atoms in total. The van der Waals surface area contributed by atoms with Gasteiger partial charge in [-0.1, -0.05) is 61.3 Å². The predicted octanol–water partition coefficient (Wildman–Crippen LogP) is 5.92. The Balaban J connectivity index is 1.81. The number of fused-ring (bicyclic) bond motifs is 1. The number of aliphatic imine (C=N–C) groups is 1. The number of carbonyl (C=O) groups excluding carboxylic acids is 1. The molecule has 7 heteroatoms. The Bertz CT molecular complexity index is 1150. The van der Waals surface area contributed by atoms with Gasteiger partial charge >= 0.3 is 6.03 Å². The second-order valence-electron chi connectivity index (χ2n) is 7.06. The van der Waals surface area contributed by atoms with E-state index in [-0.39, 0.29) is 5.92 Å². The lowest BCUT2D eigenvalue weighted by Gasteiger charge is -2.25. The fourth-order valence-electron chi connectivity index (χ4n) is 3.77. The molecule has 0 fully saturated rings. The summed E-state index contributed by atoms with van der Waals surface area (Å²) < 4.78 is 1.27. The fourth-order valence-corrected chi connectivity index (χ4v) is 4.02. The molecule has 2 aromatic carbocycles. The number of para-hydroxylation sites is 1. The van der Waals surface area contributed by atoms with Gasteiger partial charge in [-0.25, -0.2) is 16.4 Å². The van der Waals surface area contributed by atoms with Gasteiger partial charge in [0.2, 0.25) is 0 Å². The summed E-state index contributed by atoms with van der Waals surface area (Å²) in [5.74, 6) is 0.125. The first-order valence-electron chi connectivity index (χ1n) is 9.76. The first kappa shape index (κ1) is 19.9. The second-order valence-corrected chi connectivity index (χ2v) is 7.46. The molecule has 30 heavy (non-hydrogen) atoms. The number of nitrogens with zero attached hydrogens (tertiary/aromatic N) is 4. The summed E-state index contributed by atoms with van der Waals surface area (Å²) in [7, 11) is 0. The Hall–Kier alpha value is -3.43. The molecule has 3 aromatic rings. The second kappa shape index (κ2) is 8.52. The number of halogens is 1. The summed E-state index contributed by atoms with van der Waals surface area (Å²) in [5.41, 5.74) is 2.99. The van der Waals surface area contributed by atoms with Crippen molar-refractivity contribution in [2.24, 2.45) is 4.99 Å². The summed E-state index contributed by atoms with van der Waals surface area (Å²) >= 11 is 6.50. The van der Waals surface area contributed by atoms with Crippen LogP contribution in [0.5, 0.6) is 0 Å². The Kier molecular flexibility index (Phi) is 5.64. The molecule has 1 aliphatic rings. The minimum absolute atomic E-state index is 0.330. The quantitative estimate of drug-likeness (QED) is 0.535. The highest BCUT2D eigenvalue weighted by molar-refractivity contribution is 6.31. The van der Waals surface area contributed by atoms with Crippen LogP contribution in [0.25, 0.3) is 4.85 Å². The van der Waals surface area contributed by atoms with Crippen molar-refractivity contribution in [2.75, 3.05) is 5.32 Å².